The molecule has 0 aliphatic heterocycles. The van der Waals surface area contributed by atoms with Gasteiger partial charge in [0.25, 0.3) is 12.0 Å². The Labute approximate surface area is 146 Å². The number of alkyl halides is 10. The Balaban J connectivity index is 5.74. The molecule has 0 fully saturated rings. The Morgan fingerprint density at radius 2 is 0.783 bits per heavy atom. The van der Waals surface area contributed by atoms with E-state index in [2.05, 4.69) is 4.74 Å². The van der Waals surface area contributed by atoms with E-state index >= 15 is 0 Å². The van der Waals surface area contributed by atoms with Crippen molar-refractivity contribution < 1.29 is 57.4 Å². The SMILES string of the molecule is FC(OC(F)=C(I)C(F)(F)C(F)(F)F)=C(I)C(F)(F)C(F)(F)F. The summed E-state index contributed by atoms with van der Waals surface area (Å²) in [5, 5.41) is 0. The highest BCUT2D eigenvalue weighted by atomic mass is 127. The second-order valence-corrected chi connectivity index (χ2v) is 5.58. The lowest BCUT2D eigenvalue weighted by molar-refractivity contribution is -0.262. The first-order chi connectivity index (χ1) is 9.87. The fourth-order valence-corrected chi connectivity index (χ4v) is 1.50. The van der Waals surface area contributed by atoms with Gasteiger partial charge >= 0.3 is 24.2 Å². The zero-order chi connectivity index (χ0) is 19.0. The molecule has 0 aliphatic rings. The van der Waals surface area contributed by atoms with Crippen LogP contribution in [0.1, 0.15) is 0 Å². The smallest absolute Gasteiger partial charge is 0.402 e. The largest absolute Gasteiger partial charge is 0.458 e. The van der Waals surface area contributed by atoms with Crippen molar-refractivity contribution in [2.75, 3.05) is 0 Å². The molecule has 0 saturated heterocycles. The lowest BCUT2D eigenvalue weighted by atomic mass is 10.3. The minimum Gasteiger partial charge on any atom is -0.402 e. The maximum Gasteiger partial charge on any atom is 0.458 e. The normalized spacial score (nSPS) is 16.8. The summed E-state index contributed by atoms with van der Waals surface area (Å²) in [7, 11) is 0. The minimum atomic E-state index is -6.34. The molecule has 0 saturated carbocycles. The number of rotatable bonds is 4. The third-order valence-electron chi connectivity index (χ3n) is 1.79. The van der Waals surface area contributed by atoms with Crippen LogP contribution in [0.15, 0.2) is 19.2 Å². The Hall–Kier alpha value is -0.100. The molecule has 0 rings (SSSR count). The summed E-state index contributed by atoms with van der Waals surface area (Å²) in [6.07, 6.45) is -12.7. The quantitative estimate of drug-likeness (QED) is 0.204. The fourth-order valence-electron chi connectivity index (χ4n) is 0.664. The lowest BCUT2D eigenvalue weighted by Crippen LogP contribution is -2.37. The highest BCUT2D eigenvalue weighted by Crippen LogP contribution is 2.48. The van der Waals surface area contributed by atoms with Crippen molar-refractivity contribution in [2.24, 2.45) is 0 Å². The Morgan fingerprint density at radius 1 is 0.565 bits per heavy atom. The Kier molecular flexibility index (Phi) is 7.00. The maximum absolute atomic E-state index is 13.0. The average molecular weight is 594 g/mol. The van der Waals surface area contributed by atoms with E-state index in [4.69, 9.17) is 0 Å². The molecule has 0 aliphatic carbocycles. The van der Waals surface area contributed by atoms with Crippen molar-refractivity contribution >= 4 is 45.2 Å². The Bertz CT molecular complexity index is 468. The third kappa shape index (κ3) is 4.94. The highest BCUT2D eigenvalue weighted by molar-refractivity contribution is 14.1. The van der Waals surface area contributed by atoms with Gasteiger partial charge in [0.05, 0.1) is 0 Å². The summed E-state index contributed by atoms with van der Waals surface area (Å²) in [6.45, 7) is 0. The van der Waals surface area contributed by atoms with Gasteiger partial charge in [-0.3, -0.25) is 0 Å². The Morgan fingerprint density at radius 3 is 0.957 bits per heavy atom. The second kappa shape index (κ2) is 7.03. The predicted molar refractivity (Wildman–Crippen MR) is 67.4 cm³/mol. The van der Waals surface area contributed by atoms with E-state index in [0.29, 0.717) is 0 Å². The van der Waals surface area contributed by atoms with Crippen molar-refractivity contribution in [3.8, 4) is 0 Å². The summed E-state index contributed by atoms with van der Waals surface area (Å²) in [4.78, 5) is 0. The first-order valence-electron chi connectivity index (χ1n) is 4.55. The molecule has 0 radical (unpaired) electrons. The summed E-state index contributed by atoms with van der Waals surface area (Å²) in [5.41, 5.74) is 0. The van der Waals surface area contributed by atoms with E-state index in [-0.39, 0.29) is 45.2 Å². The first-order valence-corrected chi connectivity index (χ1v) is 6.71. The van der Waals surface area contributed by atoms with Crippen LogP contribution >= 0.6 is 45.2 Å². The average Bonchev–Trinajstić information content (AvgIpc) is 2.33. The van der Waals surface area contributed by atoms with Crippen molar-refractivity contribution in [2.45, 2.75) is 24.2 Å². The van der Waals surface area contributed by atoms with Gasteiger partial charge in [0.2, 0.25) is 0 Å². The fraction of sp³-hybridized carbons (Fsp3) is 0.500. The molecule has 0 bridgehead atoms. The van der Waals surface area contributed by atoms with Crippen molar-refractivity contribution in [3.05, 3.63) is 19.2 Å². The molecule has 0 unspecified atom stereocenters. The van der Waals surface area contributed by atoms with Crippen molar-refractivity contribution in [3.63, 3.8) is 0 Å². The molecule has 0 aromatic rings. The topological polar surface area (TPSA) is 9.23 Å². The van der Waals surface area contributed by atoms with Crippen LogP contribution in [0.5, 0.6) is 0 Å². The molecular formula is C8F12I2O. The van der Waals surface area contributed by atoms with Crippen molar-refractivity contribution in [1.82, 2.24) is 0 Å². The van der Waals surface area contributed by atoms with Crippen LogP contribution in [0.25, 0.3) is 0 Å². The van der Waals surface area contributed by atoms with Crippen LogP contribution in [0.2, 0.25) is 0 Å². The van der Waals surface area contributed by atoms with Gasteiger partial charge in [0, 0.05) is 0 Å². The molecule has 0 amide bonds. The van der Waals surface area contributed by atoms with E-state index < -0.39 is 43.4 Å². The van der Waals surface area contributed by atoms with E-state index in [1.807, 2.05) is 0 Å². The van der Waals surface area contributed by atoms with Crippen LogP contribution in [0.4, 0.5) is 52.7 Å². The summed E-state index contributed by atoms with van der Waals surface area (Å²) < 4.78 is 146. The molecular weight excluding hydrogens is 594 g/mol. The maximum atomic E-state index is 13.0. The first kappa shape index (κ1) is 22.9. The van der Waals surface area contributed by atoms with E-state index in [1.54, 1.807) is 0 Å². The van der Waals surface area contributed by atoms with Gasteiger partial charge in [-0.25, -0.2) is 0 Å². The molecule has 0 N–H and O–H groups in total. The molecule has 0 aromatic heterocycles. The standard InChI is InChI=1S/C8F12I2O/c9-3(1(21)5(11,12)7(15,16)17)23-4(10)2(22)6(13,14)8(18,19)20. The molecule has 23 heavy (non-hydrogen) atoms. The van der Waals surface area contributed by atoms with Crippen LogP contribution < -0.4 is 0 Å². The minimum absolute atomic E-state index is 0.0376. The van der Waals surface area contributed by atoms with Crippen LogP contribution in [-0.2, 0) is 4.74 Å². The zero-order valence-electron chi connectivity index (χ0n) is 9.70. The number of hydrogen-bond donors (Lipinski definition) is 0. The van der Waals surface area contributed by atoms with E-state index in [9.17, 15) is 52.7 Å². The molecule has 1 nitrogen and oxygen atoms in total. The van der Waals surface area contributed by atoms with Gasteiger partial charge in [0.15, 0.2) is 0 Å². The van der Waals surface area contributed by atoms with Gasteiger partial charge < -0.3 is 4.74 Å². The monoisotopic (exact) mass is 594 g/mol. The van der Waals surface area contributed by atoms with Crippen LogP contribution in [0, 0.1) is 0 Å². The molecule has 136 valence electrons. The van der Waals surface area contributed by atoms with Crippen molar-refractivity contribution in [1.29, 1.82) is 0 Å². The number of hydrogen-bond acceptors (Lipinski definition) is 1. The van der Waals surface area contributed by atoms with E-state index in [0.717, 1.165) is 0 Å². The van der Waals surface area contributed by atoms with Gasteiger partial charge in [0.1, 0.15) is 7.16 Å². The van der Waals surface area contributed by atoms with E-state index in [1.165, 1.54) is 0 Å². The van der Waals surface area contributed by atoms with Crippen LogP contribution in [0.3, 0.4) is 0 Å². The molecule has 0 atom stereocenters. The van der Waals surface area contributed by atoms with Gasteiger partial charge in [-0.2, -0.15) is 52.7 Å². The summed E-state index contributed by atoms with van der Waals surface area (Å²) >= 11 is 0.0752. The lowest BCUT2D eigenvalue weighted by Gasteiger charge is -2.20. The third-order valence-corrected chi connectivity index (χ3v) is 3.99. The predicted octanol–water partition coefficient (Wildman–Crippen LogP) is 6.55. The molecule has 15 heteroatoms. The van der Waals surface area contributed by atoms with Gasteiger partial charge in [-0.15, -0.1) is 0 Å². The summed E-state index contributed by atoms with van der Waals surface area (Å²) in [5.74, 6) is -11.8. The highest BCUT2D eigenvalue weighted by Gasteiger charge is 2.62. The zero-order valence-corrected chi connectivity index (χ0v) is 14.0. The van der Waals surface area contributed by atoms with Gasteiger partial charge in [-0.05, 0) is 45.2 Å². The second-order valence-electron chi connectivity index (χ2n) is 3.42. The number of ether oxygens (including phenoxy) is 1. The molecule has 0 spiro atoms. The van der Waals surface area contributed by atoms with Gasteiger partial charge in [-0.1, -0.05) is 0 Å². The summed E-state index contributed by atoms with van der Waals surface area (Å²) in [6, 6.07) is -6.06. The number of allylic oxidation sites excluding steroid dienone is 2. The number of halogens is 14. The molecule has 0 heterocycles. The van der Waals surface area contributed by atoms with Crippen LogP contribution in [-0.4, -0.2) is 24.2 Å². The molecule has 0 aromatic carbocycles.